The van der Waals surface area contributed by atoms with Gasteiger partial charge in [-0.05, 0) is 129 Å². The summed E-state index contributed by atoms with van der Waals surface area (Å²) < 4.78 is 0. The number of halogens is 2. The Morgan fingerprint density at radius 2 is 0.762 bits per heavy atom. The van der Waals surface area contributed by atoms with Crippen molar-refractivity contribution in [1.29, 1.82) is 0 Å². The van der Waals surface area contributed by atoms with E-state index in [0.29, 0.717) is 0 Å². The molecule has 0 aliphatic rings. The van der Waals surface area contributed by atoms with Gasteiger partial charge in [0.05, 0.1) is 0 Å². The maximum absolute atomic E-state index is 6.08. The normalized spacial score (nSPS) is 10.6. The molecule has 6 heteroatoms. The van der Waals surface area contributed by atoms with Crippen molar-refractivity contribution in [2.75, 3.05) is 0 Å². The molecule has 0 saturated heterocycles. The van der Waals surface area contributed by atoms with Gasteiger partial charge in [0.25, 0.3) is 0 Å². The van der Waals surface area contributed by atoms with Gasteiger partial charge in [-0.3, -0.25) is 0 Å². The number of hydrogen-bond donors (Lipinski definition) is 0. The molecule has 6 rings (SSSR count). The lowest BCUT2D eigenvalue weighted by molar-refractivity contribution is 1.41. The second-order valence-corrected chi connectivity index (χ2v) is 13.8. The van der Waals surface area contributed by atoms with Crippen LogP contribution in [0.3, 0.4) is 0 Å². The summed E-state index contributed by atoms with van der Waals surface area (Å²) in [6.45, 7) is 0. The Bertz CT molecular complexity index is 1850. The highest BCUT2D eigenvalue weighted by Gasteiger charge is 2.10. The fourth-order valence-electron chi connectivity index (χ4n) is 4.36. The van der Waals surface area contributed by atoms with Crippen LogP contribution in [0.1, 0.15) is 0 Å². The van der Waals surface area contributed by atoms with Gasteiger partial charge in [-0.15, -0.1) is 0 Å². The van der Waals surface area contributed by atoms with E-state index in [1.165, 1.54) is 54.9 Å². The molecule has 0 spiro atoms. The second kappa shape index (κ2) is 13.9. The van der Waals surface area contributed by atoms with Crippen molar-refractivity contribution in [2.45, 2.75) is 29.4 Å². The summed E-state index contributed by atoms with van der Waals surface area (Å²) in [5.41, 5.74) is 0. The van der Waals surface area contributed by atoms with Crippen LogP contribution in [0.4, 0.5) is 0 Å². The molecule has 0 fully saturated rings. The first-order valence-electron chi connectivity index (χ1n) is 12.9. The van der Waals surface area contributed by atoms with E-state index in [9.17, 15) is 0 Å². The van der Waals surface area contributed by atoms with Crippen LogP contribution < -0.4 is 0 Å². The summed E-state index contributed by atoms with van der Waals surface area (Å²) in [5, 5.41) is 12.6. The fourth-order valence-corrected chi connectivity index (χ4v) is 8.12. The Morgan fingerprint density at radius 1 is 0.405 bits per heavy atom. The van der Waals surface area contributed by atoms with Crippen LogP contribution in [0.25, 0.3) is 21.5 Å². The van der Waals surface area contributed by atoms with Gasteiger partial charge < -0.3 is 0 Å². The molecule has 0 saturated carbocycles. The Kier molecular flexibility index (Phi) is 9.64. The van der Waals surface area contributed by atoms with Crippen LogP contribution in [0, 0.1) is 22.3 Å². The highest BCUT2D eigenvalue weighted by atomic mass is 35.5. The first kappa shape index (κ1) is 29.0. The number of hydrogen-bond acceptors (Lipinski definition) is 4. The second-order valence-electron chi connectivity index (χ2n) is 8.99. The molecule has 0 nitrogen and oxygen atoms in total. The molecule has 0 aliphatic heterocycles. The molecule has 42 heavy (non-hydrogen) atoms. The lowest BCUT2D eigenvalue weighted by Gasteiger charge is -2.09. The minimum absolute atomic E-state index is 0.737. The van der Waals surface area contributed by atoms with Crippen LogP contribution in [-0.2, 0) is 0 Å². The third-order valence-electron chi connectivity index (χ3n) is 6.23. The number of fused-ring (bicyclic) bond motifs is 2. The van der Waals surface area contributed by atoms with E-state index >= 15 is 0 Å². The maximum atomic E-state index is 6.08. The molecule has 6 aromatic rings. The SMILES string of the molecule is Clc1ccc(Sc2cccc3cccc(SC#CC#CSc4cccc5cccc(Sc6ccc(Cl)cc6)c45)c23)cc1. The number of thioether (sulfide) groups is 2. The Balaban J connectivity index is 1.21. The van der Waals surface area contributed by atoms with Gasteiger partial charge in [0.15, 0.2) is 0 Å². The topological polar surface area (TPSA) is 0 Å². The first-order valence-corrected chi connectivity index (χ1v) is 16.9. The number of benzene rings is 6. The minimum atomic E-state index is 0.737. The van der Waals surface area contributed by atoms with Crippen molar-refractivity contribution in [3.05, 3.63) is 131 Å². The van der Waals surface area contributed by atoms with E-state index in [1.54, 1.807) is 23.5 Å². The smallest absolute Gasteiger partial charge is 0.0406 e. The van der Waals surface area contributed by atoms with Gasteiger partial charge in [-0.1, -0.05) is 95.3 Å². The minimum Gasteiger partial charge on any atom is -0.0894 e. The van der Waals surface area contributed by atoms with Gasteiger partial charge in [-0.25, -0.2) is 0 Å². The summed E-state index contributed by atoms with van der Waals surface area (Å²) in [5.74, 6) is 6.09. The third-order valence-corrected chi connectivity index (χ3v) is 10.4. The van der Waals surface area contributed by atoms with E-state index in [-0.39, 0.29) is 0 Å². The standard InChI is InChI=1S/C36H20Cl2S4/c37-27-15-19-29(20-16-27)41-33-13-5-9-25-7-3-11-31(35(25)33)39-23-1-2-24-40-32-12-4-8-26-10-6-14-34(36(26)32)42-30-21-17-28(38)18-22-30/h3-22H. The molecule has 0 radical (unpaired) electrons. The zero-order valence-corrected chi connectivity index (χ0v) is 26.7. The molecule has 0 aromatic heterocycles. The van der Waals surface area contributed by atoms with E-state index in [0.717, 1.165) is 29.6 Å². The van der Waals surface area contributed by atoms with Crippen molar-refractivity contribution in [3.8, 4) is 22.3 Å². The van der Waals surface area contributed by atoms with Crippen LogP contribution in [0.5, 0.6) is 0 Å². The Labute approximate surface area is 273 Å². The first-order chi connectivity index (χ1) is 20.6. The lowest BCUT2D eigenvalue weighted by Crippen LogP contribution is -1.82. The summed E-state index contributed by atoms with van der Waals surface area (Å²) in [7, 11) is 0. The molecule has 0 N–H and O–H groups in total. The highest BCUT2D eigenvalue weighted by molar-refractivity contribution is 8.04. The molecule has 202 valence electrons. The molecule has 0 bridgehead atoms. The Morgan fingerprint density at radius 3 is 1.14 bits per heavy atom. The van der Waals surface area contributed by atoms with Gasteiger partial charge in [0, 0.05) is 50.2 Å². The zero-order chi connectivity index (χ0) is 28.7. The van der Waals surface area contributed by atoms with Crippen molar-refractivity contribution < 1.29 is 0 Å². The molecule has 0 unspecified atom stereocenters. The summed E-state index contributed by atoms with van der Waals surface area (Å²) >= 11 is 18.6. The van der Waals surface area contributed by atoms with E-state index in [4.69, 9.17) is 23.2 Å². The molecule has 6 aromatic carbocycles. The van der Waals surface area contributed by atoms with Crippen molar-refractivity contribution in [3.63, 3.8) is 0 Å². The fraction of sp³-hybridized carbons (Fsp3) is 0. The highest BCUT2D eigenvalue weighted by Crippen LogP contribution is 2.40. The van der Waals surface area contributed by atoms with E-state index in [2.05, 4.69) is 95.1 Å². The molecule has 0 aliphatic carbocycles. The van der Waals surface area contributed by atoms with Gasteiger partial charge in [-0.2, -0.15) is 0 Å². The van der Waals surface area contributed by atoms with Crippen LogP contribution in [0.2, 0.25) is 10.0 Å². The van der Waals surface area contributed by atoms with Crippen molar-refractivity contribution in [1.82, 2.24) is 0 Å². The largest absolute Gasteiger partial charge is 0.0894 e. The monoisotopic (exact) mass is 650 g/mol. The average molecular weight is 652 g/mol. The average Bonchev–Trinajstić information content (AvgIpc) is 3.01. The molecule has 0 heterocycles. The molecule has 0 amide bonds. The van der Waals surface area contributed by atoms with Gasteiger partial charge in [0.2, 0.25) is 0 Å². The van der Waals surface area contributed by atoms with Crippen LogP contribution in [-0.4, -0.2) is 0 Å². The third kappa shape index (κ3) is 7.11. The van der Waals surface area contributed by atoms with Crippen LogP contribution >= 0.6 is 70.2 Å². The predicted octanol–water partition coefficient (Wildman–Crippen LogP) is 12.4. The molecule has 0 atom stereocenters. The van der Waals surface area contributed by atoms with Gasteiger partial charge >= 0.3 is 0 Å². The summed E-state index contributed by atoms with van der Waals surface area (Å²) in [6, 6.07) is 41.3. The maximum Gasteiger partial charge on any atom is 0.0406 e. The number of rotatable bonds is 6. The summed E-state index contributed by atoms with van der Waals surface area (Å²) in [6.07, 6.45) is 0. The zero-order valence-electron chi connectivity index (χ0n) is 21.9. The van der Waals surface area contributed by atoms with E-state index in [1.807, 2.05) is 48.5 Å². The Hall–Kier alpha value is -3.06. The predicted molar refractivity (Wildman–Crippen MR) is 186 cm³/mol. The van der Waals surface area contributed by atoms with Crippen molar-refractivity contribution >= 4 is 91.8 Å². The molecular formula is C36H20Cl2S4. The summed E-state index contributed by atoms with van der Waals surface area (Å²) in [4.78, 5) is 6.88. The van der Waals surface area contributed by atoms with E-state index < -0.39 is 0 Å². The van der Waals surface area contributed by atoms with Crippen molar-refractivity contribution in [2.24, 2.45) is 0 Å². The molecular weight excluding hydrogens is 632 g/mol. The quantitative estimate of drug-likeness (QED) is 0.130. The lowest BCUT2D eigenvalue weighted by atomic mass is 10.1. The van der Waals surface area contributed by atoms with Crippen LogP contribution in [0.15, 0.2) is 151 Å². The van der Waals surface area contributed by atoms with Gasteiger partial charge in [0.1, 0.15) is 0 Å².